The van der Waals surface area contributed by atoms with Crippen LogP contribution in [-0.2, 0) is 0 Å². The summed E-state index contributed by atoms with van der Waals surface area (Å²) in [5.74, 6) is -0.0266. The van der Waals surface area contributed by atoms with Gasteiger partial charge in [-0.3, -0.25) is 4.79 Å². The molecule has 2 nitrogen and oxygen atoms in total. The third-order valence-corrected chi connectivity index (χ3v) is 3.36. The van der Waals surface area contributed by atoms with Crippen LogP contribution in [0.1, 0.15) is 10.4 Å². The zero-order chi connectivity index (χ0) is 12.1. The maximum atomic E-state index is 11.4. The van der Waals surface area contributed by atoms with Gasteiger partial charge in [0, 0.05) is 15.4 Å². The highest BCUT2D eigenvalue weighted by atomic mass is 35.5. The molecule has 0 saturated heterocycles. The monoisotopic (exact) mass is 279 g/mol. The molecule has 18 heavy (non-hydrogen) atoms. The van der Waals surface area contributed by atoms with Gasteiger partial charge in [-0.15, -0.1) is 12.4 Å². The fraction of sp³-hybridized carbons (Fsp3) is 0.0714. The number of halogens is 1. The largest absolute Gasteiger partial charge is 0.324 e. The first-order valence-corrected chi connectivity index (χ1v) is 6.17. The van der Waals surface area contributed by atoms with Crippen LogP contribution in [0.25, 0.3) is 0 Å². The molecule has 2 rings (SSSR count). The molecule has 0 aliphatic rings. The molecule has 0 aliphatic carbocycles. The average Bonchev–Trinajstić information content (AvgIpc) is 2.40. The van der Waals surface area contributed by atoms with Crippen molar-refractivity contribution in [1.82, 2.24) is 0 Å². The van der Waals surface area contributed by atoms with Crippen molar-refractivity contribution in [3.8, 4) is 0 Å². The number of ketones is 1. The van der Waals surface area contributed by atoms with Crippen molar-refractivity contribution >= 4 is 30.0 Å². The molecule has 0 saturated carbocycles. The first kappa shape index (κ1) is 14.8. The molecule has 0 radical (unpaired) electrons. The van der Waals surface area contributed by atoms with Crippen molar-refractivity contribution in [1.29, 1.82) is 0 Å². The summed E-state index contributed by atoms with van der Waals surface area (Å²) in [6.07, 6.45) is 0. The Hall–Kier alpha value is -1.29. The van der Waals surface area contributed by atoms with Crippen LogP contribution in [0.4, 0.5) is 0 Å². The highest BCUT2D eigenvalue weighted by Crippen LogP contribution is 2.27. The van der Waals surface area contributed by atoms with Crippen molar-refractivity contribution in [2.24, 2.45) is 5.73 Å². The van der Waals surface area contributed by atoms with Crippen molar-refractivity contribution in [3.05, 3.63) is 60.2 Å². The Bertz CT molecular complexity index is 499. The zero-order valence-corrected chi connectivity index (χ0v) is 11.3. The molecule has 0 aromatic heterocycles. The van der Waals surface area contributed by atoms with Crippen LogP contribution in [-0.4, -0.2) is 12.3 Å². The molecule has 94 valence electrons. The maximum Gasteiger partial charge on any atom is 0.176 e. The second-order valence-electron chi connectivity index (χ2n) is 3.57. The minimum Gasteiger partial charge on any atom is -0.324 e. The number of rotatable bonds is 4. The third-order valence-electron chi connectivity index (χ3n) is 2.34. The fourth-order valence-electron chi connectivity index (χ4n) is 1.45. The third kappa shape index (κ3) is 3.88. The summed E-state index contributed by atoms with van der Waals surface area (Å²) in [5.41, 5.74) is 5.98. The second kappa shape index (κ2) is 7.21. The van der Waals surface area contributed by atoms with Gasteiger partial charge >= 0.3 is 0 Å². The number of benzene rings is 2. The van der Waals surface area contributed by atoms with Crippen LogP contribution in [0, 0.1) is 0 Å². The van der Waals surface area contributed by atoms with E-state index in [1.165, 1.54) is 4.90 Å². The van der Waals surface area contributed by atoms with E-state index in [1.807, 2.05) is 42.5 Å². The molecule has 0 aliphatic heterocycles. The van der Waals surface area contributed by atoms with Crippen LogP contribution in [0.15, 0.2) is 64.4 Å². The van der Waals surface area contributed by atoms with E-state index >= 15 is 0 Å². The summed E-state index contributed by atoms with van der Waals surface area (Å²) in [6, 6.07) is 17.7. The predicted octanol–water partition coefficient (Wildman–Crippen LogP) is 3.40. The molecule has 2 aromatic carbocycles. The SMILES string of the molecule is Cl.NCC(=O)c1ccc(Sc2ccccc2)cc1. The van der Waals surface area contributed by atoms with Gasteiger partial charge in [0.25, 0.3) is 0 Å². The van der Waals surface area contributed by atoms with Gasteiger partial charge in [-0.05, 0) is 24.3 Å². The van der Waals surface area contributed by atoms with E-state index in [9.17, 15) is 4.79 Å². The Labute approximate surface area is 117 Å². The van der Waals surface area contributed by atoms with E-state index in [-0.39, 0.29) is 24.7 Å². The molecule has 0 fully saturated rings. The molecule has 0 amide bonds. The van der Waals surface area contributed by atoms with Gasteiger partial charge < -0.3 is 5.73 Å². The lowest BCUT2D eigenvalue weighted by atomic mass is 10.1. The smallest absolute Gasteiger partial charge is 0.176 e. The van der Waals surface area contributed by atoms with E-state index in [0.717, 1.165) is 4.90 Å². The Morgan fingerprint density at radius 3 is 2.06 bits per heavy atom. The van der Waals surface area contributed by atoms with Crippen molar-refractivity contribution in [2.45, 2.75) is 9.79 Å². The Morgan fingerprint density at radius 2 is 1.50 bits per heavy atom. The highest BCUT2D eigenvalue weighted by Gasteiger charge is 2.03. The topological polar surface area (TPSA) is 43.1 Å². The summed E-state index contributed by atoms with van der Waals surface area (Å²) in [7, 11) is 0. The average molecular weight is 280 g/mol. The lowest BCUT2D eigenvalue weighted by Crippen LogP contribution is -2.13. The maximum absolute atomic E-state index is 11.4. The van der Waals surface area contributed by atoms with E-state index in [4.69, 9.17) is 5.73 Å². The quantitative estimate of drug-likeness (QED) is 0.873. The molecular formula is C14H14ClNOS. The number of Topliss-reactive ketones (excluding diaryl/α,β-unsaturated/α-hetero) is 1. The molecule has 0 unspecified atom stereocenters. The van der Waals surface area contributed by atoms with Crippen LogP contribution >= 0.6 is 24.2 Å². The highest BCUT2D eigenvalue weighted by molar-refractivity contribution is 7.99. The summed E-state index contributed by atoms with van der Waals surface area (Å²) >= 11 is 1.67. The van der Waals surface area contributed by atoms with Crippen molar-refractivity contribution in [3.63, 3.8) is 0 Å². The van der Waals surface area contributed by atoms with Crippen LogP contribution in [0.5, 0.6) is 0 Å². The molecule has 4 heteroatoms. The molecule has 2 aromatic rings. The van der Waals surface area contributed by atoms with Crippen molar-refractivity contribution in [2.75, 3.05) is 6.54 Å². The Balaban J connectivity index is 0.00000162. The number of hydrogen-bond donors (Lipinski definition) is 1. The van der Waals surface area contributed by atoms with Gasteiger partial charge in [0.2, 0.25) is 0 Å². The van der Waals surface area contributed by atoms with Crippen molar-refractivity contribution < 1.29 is 4.79 Å². The lowest BCUT2D eigenvalue weighted by Gasteiger charge is -2.02. The number of nitrogens with two attached hydrogens (primary N) is 1. The molecular weight excluding hydrogens is 266 g/mol. The predicted molar refractivity (Wildman–Crippen MR) is 77.6 cm³/mol. The second-order valence-corrected chi connectivity index (χ2v) is 4.71. The van der Waals surface area contributed by atoms with Gasteiger partial charge in [0.05, 0.1) is 6.54 Å². The van der Waals surface area contributed by atoms with E-state index < -0.39 is 0 Å². The molecule has 0 atom stereocenters. The minimum absolute atomic E-state index is 0. The normalized spacial score (nSPS) is 9.61. The van der Waals surface area contributed by atoms with Crippen LogP contribution < -0.4 is 5.73 Å². The van der Waals surface area contributed by atoms with Crippen LogP contribution in [0.2, 0.25) is 0 Å². The molecule has 0 spiro atoms. The minimum atomic E-state index is -0.0266. The first-order chi connectivity index (χ1) is 8.29. The first-order valence-electron chi connectivity index (χ1n) is 5.36. The number of carbonyl (C=O) groups is 1. The van der Waals surface area contributed by atoms with Gasteiger partial charge in [-0.1, -0.05) is 42.1 Å². The van der Waals surface area contributed by atoms with Gasteiger partial charge in [-0.2, -0.15) is 0 Å². The number of hydrogen-bond acceptors (Lipinski definition) is 3. The molecule has 0 heterocycles. The van der Waals surface area contributed by atoms with Crippen LogP contribution in [0.3, 0.4) is 0 Å². The summed E-state index contributed by atoms with van der Waals surface area (Å²) in [4.78, 5) is 13.7. The lowest BCUT2D eigenvalue weighted by molar-refractivity contribution is 0.100. The Kier molecular flexibility index (Phi) is 5.92. The van der Waals surface area contributed by atoms with Gasteiger partial charge in [0.1, 0.15) is 0 Å². The number of carbonyl (C=O) groups excluding carboxylic acids is 1. The van der Waals surface area contributed by atoms with E-state index in [2.05, 4.69) is 12.1 Å². The van der Waals surface area contributed by atoms with E-state index in [1.54, 1.807) is 11.8 Å². The zero-order valence-electron chi connectivity index (χ0n) is 9.71. The summed E-state index contributed by atoms with van der Waals surface area (Å²) in [6.45, 7) is 0.0607. The summed E-state index contributed by atoms with van der Waals surface area (Å²) < 4.78 is 0. The Morgan fingerprint density at radius 1 is 0.944 bits per heavy atom. The van der Waals surface area contributed by atoms with E-state index in [0.29, 0.717) is 5.56 Å². The van der Waals surface area contributed by atoms with Gasteiger partial charge in [0.15, 0.2) is 5.78 Å². The van der Waals surface area contributed by atoms with Gasteiger partial charge in [-0.25, -0.2) is 0 Å². The standard InChI is InChI=1S/C14H13NOS.ClH/c15-10-14(16)11-6-8-13(9-7-11)17-12-4-2-1-3-5-12;/h1-9H,10,15H2;1H. The summed E-state index contributed by atoms with van der Waals surface area (Å²) in [5, 5.41) is 0. The molecule has 2 N–H and O–H groups in total. The fourth-order valence-corrected chi connectivity index (χ4v) is 2.29. The molecule has 0 bridgehead atoms.